The molecule has 5 heteroatoms. The van der Waals surface area contributed by atoms with Crippen LogP contribution in [0, 0.1) is 5.92 Å². The van der Waals surface area contributed by atoms with Crippen molar-refractivity contribution in [3.05, 3.63) is 54.1 Å². The summed E-state index contributed by atoms with van der Waals surface area (Å²) in [6.45, 7) is 3.35. The van der Waals surface area contributed by atoms with Crippen LogP contribution in [-0.4, -0.2) is 32.3 Å². The maximum absolute atomic E-state index is 12.5. The minimum atomic E-state index is -0.482. The summed E-state index contributed by atoms with van der Waals surface area (Å²) in [7, 11) is 1.67. The Morgan fingerprint density at radius 1 is 1.15 bits per heavy atom. The molecular formula is C22H28N2O3. The predicted octanol–water partition coefficient (Wildman–Crippen LogP) is 3.29. The van der Waals surface area contributed by atoms with Crippen LogP contribution in [0.1, 0.15) is 31.4 Å². The molecule has 1 saturated heterocycles. The number of rotatable bonds is 6. The predicted molar refractivity (Wildman–Crippen MR) is 107 cm³/mol. The number of amides is 1. The number of benzene rings is 2. The lowest BCUT2D eigenvalue weighted by atomic mass is 9.91. The largest absolute Gasteiger partial charge is 0.496 e. The number of ether oxygens (including phenoxy) is 2. The van der Waals surface area contributed by atoms with Crippen molar-refractivity contribution in [3.8, 4) is 16.9 Å². The first-order valence-corrected chi connectivity index (χ1v) is 9.47. The molecule has 1 aliphatic heterocycles. The SMILES string of the molecule is COc1ccccc1-c1ccc(C(C)NC(=O)C(N)C2CCOCC2)cc1. The summed E-state index contributed by atoms with van der Waals surface area (Å²) < 4.78 is 10.8. The highest BCUT2D eigenvalue weighted by Gasteiger charge is 2.27. The van der Waals surface area contributed by atoms with Crippen molar-refractivity contribution in [3.63, 3.8) is 0 Å². The Kier molecular flexibility index (Phi) is 6.48. The number of carbonyl (C=O) groups is 1. The van der Waals surface area contributed by atoms with Crippen molar-refractivity contribution >= 4 is 5.91 Å². The van der Waals surface area contributed by atoms with Gasteiger partial charge in [0.1, 0.15) is 5.75 Å². The van der Waals surface area contributed by atoms with Crippen LogP contribution in [0.3, 0.4) is 0 Å². The minimum absolute atomic E-state index is 0.0943. The highest BCUT2D eigenvalue weighted by atomic mass is 16.5. The van der Waals surface area contributed by atoms with E-state index in [4.69, 9.17) is 15.2 Å². The van der Waals surface area contributed by atoms with Crippen LogP contribution in [0.2, 0.25) is 0 Å². The van der Waals surface area contributed by atoms with Gasteiger partial charge in [-0.1, -0.05) is 42.5 Å². The maximum Gasteiger partial charge on any atom is 0.237 e. The molecule has 0 radical (unpaired) electrons. The average Bonchev–Trinajstić information content (AvgIpc) is 2.73. The van der Waals surface area contributed by atoms with E-state index in [2.05, 4.69) is 5.32 Å². The van der Waals surface area contributed by atoms with Gasteiger partial charge in [0.2, 0.25) is 5.91 Å². The minimum Gasteiger partial charge on any atom is -0.496 e. The standard InChI is InChI=1S/C22H28N2O3/c1-15(24-22(25)21(23)18-11-13-27-14-12-18)16-7-9-17(10-8-16)19-5-3-4-6-20(19)26-2/h3-10,15,18,21H,11-14,23H2,1-2H3,(H,24,25). The van der Waals surface area contributed by atoms with Crippen LogP contribution in [0.15, 0.2) is 48.5 Å². The van der Waals surface area contributed by atoms with Gasteiger partial charge in [0.05, 0.1) is 19.2 Å². The zero-order valence-electron chi connectivity index (χ0n) is 16.0. The Morgan fingerprint density at radius 3 is 2.48 bits per heavy atom. The first-order valence-electron chi connectivity index (χ1n) is 9.47. The van der Waals surface area contributed by atoms with Crippen molar-refractivity contribution < 1.29 is 14.3 Å². The third-order valence-electron chi connectivity index (χ3n) is 5.26. The fourth-order valence-electron chi connectivity index (χ4n) is 3.52. The zero-order valence-corrected chi connectivity index (χ0v) is 16.0. The fraction of sp³-hybridized carbons (Fsp3) is 0.409. The van der Waals surface area contributed by atoms with Crippen molar-refractivity contribution in [2.75, 3.05) is 20.3 Å². The van der Waals surface area contributed by atoms with Crippen molar-refractivity contribution in [2.24, 2.45) is 11.7 Å². The van der Waals surface area contributed by atoms with E-state index in [0.29, 0.717) is 13.2 Å². The number of nitrogens with two attached hydrogens (primary N) is 1. The van der Waals surface area contributed by atoms with E-state index in [1.807, 2.05) is 55.5 Å². The lowest BCUT2D eigenvalue weighted by Gasteiger charge is -2.28. The molecule has 1 heterocycles. The smallest absolute Gasteiger partial charge is 0.237 e. The number of hydrogen-bond acceptors (Lipinski definition) is 4. The van der Waals surface area contributed by atoms with Crippen LogP contribution in [0.4, 0.5) is 0 Å². The normalized spacial score (nSPS) is 17.1. The van der Waals surface area contributed by atoms with Crippen molar-refractivity contribution in [2.45, 2.75) is 31.8 Å². The molecule has 2 aromatic carbocycles. The summed E-state index contributed by atoms with van der Waals surface area (Å²) in [5.41, 5.74) is 9.34. The molecule has 5 nitrogen and oxygen atoms in total. The first-order chi connectivity index (χ1) is 13.1. The summed E-state index contributed by atoms with van der Waals surface area (Å²) in [4.78, 5) is 12.5. The van der Waals surface area contributed by atoms with E-state index < -0.39 is 6.04 Å². The summed E-state index contributed by atoms with van der Waals surface area (Å²) in [6.07, 6.45) is 1.69. The lowest BCUT2D eigenvalue weighted by molar-refractivity contribution is -0.125. The monoisotopic (exact) mass is 368 g/mol. The molecule has 0 bridgehead atoms. The third kappa shape index (κ3) is 4.67. The molecule has 3 N–H and O–H groups in total. The van der Waals surface area contributed by atoms with Crippen molar-refractivity contribution in [1.29, 1.82) is 0 Å². The average molecular weight is 368 g/mol. The Labute approximate surface area is 160 Å². The second kappa shape index (κ2) is 9.02. The summed E-state index contributed by atoms with van der Waals surface area (Å²) in [5.74, 6) is 0.941. The van der Waals surface area contributed by atoms with E-state index in [-0.39, 0.29) is 17.9 Å². The number of nitrogens with one attached hydrogen (secondary N) is 1. The molecule has 1 fully saturated rings. The molecule has 1 aliphatic rings. The van der Waals surface area contributed by atoms with Crippen LogP contribution in [0.5, 0.6) is 5.75 Å². The molecule has 27 heavy (non-hydrogen) atoms. The molecular weight excluding hydrogens is 340 g/mol. The fourth-order valence-corrected chi connectivity index (χ4v) is 3.52. The topological polar surface area (TPSA) is 73.6 Å². The van der Waals surface area contributed by atoms with E-state index >= 15 is 0 Å². The molecule has 3 rings (SSSR count). The van der Waals surface area contributed by atoms with Gasteiger partial charge in [0.15, 0.2) is 0 Å². The number of hydrogen-bond donors (Lipinski definition) is 2. The first kappa shape index (κ1) is 19.4. The molecule has 0 spiro atoms. The number of para-hydroxylation sites is 1. The summed E-state index contributed by atoms with van der Waals surface area (Å²) in [5, 5.41) is 3.05. The van der Waals surface area contributed by atoms with Crippen molar-refractivity contribution in [1.82, 2.24) is 5.32 Å². The molecule has 0 aromatic heterocycles. The highest BCUT2D eigenvalue weighted by Crippen LogP contribution is 2.30. The second-order valence-electron chi connectivity index (χ2n) is 7.03. The van der Waals surface area contributed by atoms with Gasteiger partial charge in [-0.15, -0.1) is 0 Å². The van der Waals surface area contributed by atoms with Gasteiger partial charge >= 0.3 is 0 Å². The van der Waals surface area contributed by atoms with Gasteiger partial charge in [-0.3, -0.25) is 4.79 Å². The quantitative estimate of drug-likeness (QED) is 0.821. The van der Waals surface area contributed by atoms with Crippen LogP contribution in [-0.2, 0) is 9.53 Å². The van der Waals surface area contributed by atoms with Gasteiger partial charge in [-0.25, -0.2) is 0 Å². The lowest BCUT2D eigenvalue weighted by Crippen LogP contribution is -2.47. The van der Waals surface area contributed by atoms with E-state index in [0.717, 1.165) is 35.3 Å². The van der Waals surface area contributed by atoms with E-state index in [9.17, 15) is 4.79 Å². The van der Waals surface area contributed by atoms with Gasteiger partial charge in [-0.05, 0) is 42.9 Å². The second-order valence-corrected chi connectivity index (χ2v) is 7.03. The van der Waals surface area contributed by atoms with Crippen LogP contribution >= 0.6 is 0 Å². The zero-order chi connectivity index (χ0) is 19.2. The van der Waals surface area contributed by atoms with Gasteiger partial charge in [0, 0.05) is 18.8 Å². The summed E-state index contributed by atoms with van der Waals surface area (Å²) in [6, 6.07) is 15.5. The van der Waals surface area contributed by atoms with Crippen LogP contribution < -0.4 is 15.8 Å². The van der Waals surface area contributed by atoms with Gasteiger partial charge in [0.25, 0.3) is 0 Å². The maximum atomic E-state index is 12.5. The van der Waals surface area contributed by atoms with E-state index in [1.165, 1.54) is 0 Å². The molecule has 2 atom stereocenters. The molecule has 2 aromatic rings. The van der Waals surface area contributed by atoms with Crippen LogP contribution in [0.25, 0.3) is 11.1 Å². The highest BCUT2D eigenvalue weighted by molar-refractivity contribution is 5.82. The van der Waals surface area contributed by atoms with Gasteiger partial charge in [-0.2, -0.15) is 0 Å². The van der Waals surface area contributed by atoms with E-state index in [1.54, 1.807) is 7.11 Å². The Balaban J connectivity index is 1.65. The number of methoxy groups -OCH3 is 1. The molecule has 2 unspecified atom stereocenters. The Bertz CT molecular complexity index is 754. The Morgan fingerprint density at radius 2 is 1.81 bits per heavy atom. The molecule has 0 saturated carbocycles. The third-order valence-corrected chi connectivity index (χ3v) is 5.26. The van der Waals surface area contributed by atoms with Gasteiger partial charge < -0.3 is 20.5 Å². The number of carbonyl (C=O) groups excluding carboxylic acids is 1. The molecule has 1 amide bonds. The molecule has 0 aliphatic carbocycles. The molecule has 144 valence electrons. The summed E-state index contributed by atoms with van der Waals surface area (Å²) >= 11 is 0. The Hall–Kier alpha value is -2.37.